The molecule has 144 valence electrons. The average Bonchev–Trinajstić information content (AvgIpc) is 3.14. The third kappa shape index (κ3) is 3.07. The van der Waals surface area contributed by atoms with Gasteiger partial charge in [0.1, 0.15) is 11.9 Å². The minimum atomic E-state index is -1.20. The van der Waals surface area contributed by atoms with Crippen LogP contribution in [-0.4, -0.2) is 23.6 Å². The molecule has 3 aliphatic rings. The number of aromatic carboxylic acids is 1. The van der Waals surface area contributed by atoms with E-state index in [-0.39, 0.29) is 17.5 Å². The Hall–Kier alpha value is -2.11. The number of carboxylic acids is 1. The summed E-state index contributed by atoms with van der Waals surface area (Å²) in [6.45, 7) is 0. The van der Waals surface area contributed by atoms with Gasteiger partial charge in [-0.15, -0.1) is 0 Å². The fourth-order valence-corrected chi connectivity index (χ4v) is 5.20. The predicted molar refractivity (Wildman–Crippen MR) is 110 cm³/mol. The first-order valence-corrected chi connectivity index (χ1v) is 11.0. The Morgan fingerprint density at radius 1 is 1.25 bits per heavy atom. The van der Waals surface area contributed by atoms with Crippen LogP contribution in [0.1, 0.15) is 39.9 Å². The number of carbonyl (C=O) groups is 1. The van der Waals surface area contributed by atoms with E-state index in [4.69, 9.17) is 16.3 Å². The molecule has 0 aromatic heterocycles. The van der Waals surface area contributed by atoms with Crippen LogP contribution in [0.4, 0.5) is 5.69 Å². The van der Waals surface area contributed by atoms with E-state index in [1.807, 2.05) is 23.9 Å². The normalized spacial score (nSPS) is 25.4. The Kier molecular flexibility index (Phi) is 4.52. The van der Waals surface area contributed by atoms with E-state index < -0.39 is 5.97 Å². The molecule has 2 heterocycles. The maximum atomic E-state index is 11.3. The number of fused-ring (bicyclic) bond motifs is 3. The fourth-order valence-electron chi connectivity index (χ4n) is 4.36. The zero-order valence-electron chi connectivity index (χ0n) is 15.1. The van der Waals surface area contributed by atoms with Crippen LogP contribution in [0.2, 0.25) is 5.02 Å². The van der Waals surface area contributed by atoms with Crippen LogP contribution >= 0.6 is 23.4 Å². The van der Waals surface area contributed by atoms with Gasteiger partial charge in [-0.2, -0.15) is 11.8 Å². The predicted octanol–water partition coefficient (Wildman–Crippen LogP) is 4.02. The minimum absolute atomic E-state index is 0.0816. The molecule has 0 saturated carbocycles. The molecule has 1 saturated heterocycles. The number of hydrogen-bond acceptors (Lipinski definition) is 5. The van der Waals surface area contributed by atoms with E-state index >= 15 is 0 Å². The van der Waals surface area contributed by atoms with Crippen molar-refractivity contribution in [1.29, 1.82) is 0 Å². The summed E-state index contributed by atoms with van der Waals surface area (Å²) in [5, 5.41) is 15.3. The van der Waals surface area contributed by atoms with Crippen molar-refractivity contribution in [2.75, 3.05) is 16.8 Å². The first-order chi connectivity index (χ1) is 13.6. The van der Waals surface area contributed by atoms with Gasteiger partial charge in [0.15, 0.2) is 0 Å². The molecule has 2 aromatic carbocycles. The summed E-state index contributed by atoms with van der Waals surface area (Å²) in [5.41, 5.74) is 3.03. The van der Waals surface area contributed by atoms with Crippen molar-refractivity contribution in [3.63, 3.8) is 0 Å². The maximum absolute atomic E-state index is 11.3. The fraction of sp³-hybridized carbons (Fsp3) is 0.318. The number of ether oxygens (including phenoxy) is 1. The second-order valence-electron chi connectivity index (χ2n) is 7.54. The molecule has 1 N–H and O–H groups in total. The number of carboxylic acid groups (broad SMARTS) is 1. The summed E-state index contributed by atoms with van der Waals surface area (Å²) < 4.78 is 6.07. The Labute approximate surface area is 172 Å². The standard InChI is InChI=1S/C22H20ClNO3S/c23-19-9-13(22(25)26)8-18-16-5-2-6-17(16)20(24-21(18)19)12-3-1-4-14(7-12)27-15-10-28-11-15/h1-5,7-9,15-17,20,24H,6,10-11H2,(H,25,26)/p-1/t16-,17-,20-/m0/s1. The van der Waals surface area contributed by atoms with Gasteiger partial charge >= 0.3 is 0 Å². The van der Waals surface area contributed by atoms with Crippen LogP contribution in [-0.2, 0) is 0 Å². The first-order valence-electron chi connectivity index (χ1n) is 9.42. The molecule has 28 heavy (non-hydrogen) atoms. The number of hydrogen-bond donors (Lipinski definition) is 1. The highest BCUT2D eigenvalue weighted by atomic mass is 35.5. The van der Waals surface area contributed by atoms with Crippen LogP contribution < -0.4 is 15.2 Å². The maximum Gasteiger partial charge on any atom is 0.120 e. The Bertz CT molecular complexity index is 972. The number of halogens is 1. The molecule has 1 fully saturated rings. The summed E-state index contributed by atoms with van der Waals surface area (Å²) in [6.07, 6.45) is 5.57. The highest BCUT2D eigenvalue weighted by molar-refractivity contribution is 8.00. The first kappa shape index (κ1) is 18.0. The van der Waals surface area contributed by atoms with E-state index in [9.17, 15) is 9.90 Å². The Balaban J connectivity index is 1.51. The summed E-state index contributed by atoms with van der Waals surface area (Å²) in [5.74, 6) is 2.22. The highest BCUT2D eigenvalue weighted by Crippen LogP contribution is 2.52. The van der Waals surface area contributed by atoms with Crippen LogP contribution in [0, 0.1) is 5.92 Å². The number of carbonyl (C=O) groups excluding carboxylic acids is 1. The molecular formula is C22H19ClNO3S-. The molecule has 0 amide bonds. The van der Waals surface area contributed by atoms with E-state index in [0.717, 1.165) is 40.5 Å². The van der Waals surface area contributed by atoms with E-state index in [1.54, 1.807) is 6.07 Å². The molecule has 0 radical (unpaired) electrons. The van der Waals surface area contributed by atoms with Crippen molar-refractivity contribution in [3.8, 4) is 5.75 Å². The molecule has 1 aliphatic carbocycles. The van der Waals surface area contributed by atoms with Gasteiger partial charge in [-0.25, -0.2) is 0 Å². The number of thioether (sulfide) groups is 1. The Morgan fingerprint density at radius 2 is 2.11 bits per heavy atom. The lowest BCUT2D eigenvalue weighted by Crippen LogP contribution is -2.32. The summed E-state index contributed by atoms with van der Waals surface area (Å²) in [7, 11) is 0. The smallest absolute Gasteiger partial charge is 0.120 e. The Morgan fingerprint density at radius 3 is 2.86 bits per heavy atom. The summed E-state index contributed by atoms with van der Waals surface area (Å²) >= 11 is 8.36. The SMILES string of the molecule is O=C([O-])c1cc(Cl)c2c(c1)[C@H]1C=CC[C@@H]1[C@H](c1cccc(OC3CSC3)c1)N2. The molecule has 6 heteroatoms. The van der Waals surface area contributed by atoms with E-state index in [2.05, 4.69) is 29.6 Å². The lowest BCUT2D eigenvalue weighted by Gasteiger charge is -2.38. The quantitative estimate of drug-likeness (QED) is 0.768. The van der Waals surface area contributed by atoms with Crippen molar-refractivity contribution in [2.24, 2.45) is 5.92 Å². The molecular weight excluding hydrogens is 394 g/mol. The summed E-state index contributed by atoms with van der Waals surface area (Å²) in [6, 6.07) is 11.5. The molecule has 2 aromatic rings. The van der Waals surface area contributed by atoms with Crippen molar-refractivity contribution >= 4 is 35.0 Å². The number of allylic oxidation sites excluding steroid dienone is 2. The number of anilines is 1. The van der Waals surface area contributed by atoms with Gasteiger partial charge in [0, 0.05) is 17.4 Å². The molecule has 4 nitrogen and oxygen atoms in total. The van der Waals surface area contributed by atoms with Gasteiger partial charge in [0.25, 0.3) is 0 Å². The van der Waals surface area contributed by atoms with Crippen LogP contribution in [0.5, 0.6) is 5.75 Å². The van der Waals surface area contributed by atoms with Crippen LogP contribution in [0.25, 0.3) is 0 Å². The lowest BCUT2D eigenvalue weighted by atomic mass is 9.76. The van der Waals surface area contributed by atoms with Crippen LogP contribution in [0.15, 0.2) is 48.6 Å². The molecule has 3 atom stereocenters. The molecule has 0 bridgehead atoms. The largest absolute Gasteiger partial charge is 0.545 e. The van der Waals surface area contributed by atoms with Gasteiger partial charge in [-0.05, 0) is 53.3 Å². The van der Waals surface area contributed by atoms with Crippen molar-refractivity contribution < 1.29 is 14.6 Å². The van der Waals surface area contributed by atoms with Crippen LogP contribution in [0.3, 0.4) is 0 Å². The molecule has 5 rings (SSSR count). The second-order valence-corrected chi connectivity index (χ2v) is 9.02. The third-order valence-corrected chi connectivity index (χ3v) is 7.30. The van der Waals surface area contributed by atoms with Crippen molar-refractivity contribution in [3.05, 3.63) is 70.3 Å². The van der Waals surface area contributed by atoms with Gasteiger partial charge < -0.3 is 20.0 Å². The number of benzene rings is 2. The number of nitrogens with one attached hydrogen (secondary N) is 1. The van der Waals surface area contributed by atoms with E-state index in [1.165, 1.54) is 6.07 Å². The molecule has 2 aliphatic heterocycles. The van der Waals surface area contributed by atoms with Gasteiger partial charge in [-0.1, -0.05) is 35.9 Å². The molecule has 0 spiro atoms. The third-order valence-electron chi connectivity index (χ3n) is 5.78. The summed E-state index contributed by atoms with van der Waals surface area (Å²) in [4.78, 5) is 11.3. The minimum Gasteiger partial charge on any atom is -0.545 e. The molecule has 0 unspecified atom stereocenters. The zero-order chi connectivity index (χ0) is 19.3. The van der Waals surface area contributed by atoms with Gasteiger partial charge in [0.2, 0.25) is 0 Å². The monoisotopic (exact) mass is 412 g/mol. The number of rotatable bonds is 4. The van der Waals surface area contributed by atoms with Crippen molar-refractivity contribution in [2.45, 2.75) is 24.5 Å². The average molecular weight is 413 g/mol. The lowest BCUT2D eigenvalue weighted by molar-refractivity contribution is -0.255. The zero-order valence-corrected chi connectivity index (χ0v) is 16.6. The topological polar surface area (TPSA) is 61.4 Å². The van der Waals surface area contributed by atoms with Gasteiger partial charge in [0.05, 0.1) is 22.7 Å². The van der Waals surface area contributed by atoms with E-state index in [0.29, 0.717) is 17.0 Å². The van der Waals surface area contributed by atoms with Gasteiger partial charge in [-0.3, -0.25) is 0 Å². The van der Waals surface area contributed by atoms with Crippen molar-refractivity contribution in [1.82, 2.24) is 0 Å². The highest BCUT2D eigenvalue weighted by Gasteiger charge is 2.39. The second kappa shape index (κ2) is 7.05.